The number of ether oxygens (including phenoxy) is 1. The third-order valence-corrected chi connectivity index (χ3v) is 9.73. The fourth-order valence-electron chi connectivity index (χ4n) is 7.06. The van der Waals surface area contributed by atoms with Gasteiger partial charge in [0.15, 0.2) is 0 Å². The van der Waals surface area contributed by atoms with E-state index in [0.29, 0.717) is 17.4 Å². The minimum Gasteiger partial charge on any atom is -0.509 e. The van der Waals surface area contributed by atoms with Crippen LogP contribution in [0.25, 0.3) is 44.4 Å². The monoisotopic (exact) mass is 750 g/mol. The van der Waals surface area contributed by atoms with Crippen molar-refractivity contribution in [2.75, 3.05) is 0 Å². The molecular formula is C44H44N4OPd. The van der Waals surface area contributed by atoms with Gasteiger partial charge in [-0.25, -0.2) is 4.98 Å². The molecule has 0 fully saturated rings. The molecule has 0 saturated heterocycles. The number of nitrogens with zero attached hydrogens (tertiary/aromatic N) is 4. The van der Waals surface area contributed by atoms with E-state index in [4.69, 9.17) is 14.8 Å². The first-order chi connectivity index (χ1) is 23.7. The van der Waals surface area contributed by atoms with Gasteiger partial charge < -0.3 is 9.30 Å². The van der Waals surface area contributed by atoms with Crippen LogP contribution >= 0.6 is 0 Å². The van der Waals surface area contributed by atoms with Crippen LogP contribution < -0.4 is 4.74 Å². The van der Waals surface area contributed by atoms with Crippen LogP contribution in [-0.2, 0) is 33.3 Å². The number of aryl methyl sites for hydroxylation is 3. The second-order valence-electron chi connectivity index (χ2n) is 13.6. The van der Waals surface area contributed by atoms with Crippen LogP contribution in [0.1, 0.15) is 87.0 Å². The van der Waals surface area contributed by atoms with Crippen molar-refractivity contribution in [2.45, 2.75) is 80.1 Å². The van der Waals surface area contributed by atoms with E-state index in [2.05, 4.69) is 145 Å². The number of para-hydroxylation sites is 1. The van der Waals surface area contributed by atoms with Gasteiger partial charge in [0.25, 0.3) is 0 Å². The normalized spacial score (nSPS) is 11.6. The van der Waals surface area contributed by atoms with Gasteiger partial charge in [0.1, 0.15) is 5.82 Å². The number of pyridine rings is 1. The molecule has 0 bridgehead atoms. The first-order valence-electron chi connectivity index (χ1n) is 17.5. The number of rotatable bonds is 9. The van der Waals surface area contributed by atoms with Crippen molar-refractivity contribution in [3.63, 3.8) is 0 Å². The summed E-state index contributed by atoms with van der Waals surface area (Å²) in [5.41, 5.74) is 12.6. The molecule has 0 radical (unpaired) electrons. The van der Waals surface area contributed by atoms with E-state index in [1.165, 1.54) is 27.8 Å². The van der Waals surface area contributed by atoms with Crippen molar-refractivity contribution in [2.24, 2.45) is 0 Å². The minimum atomic E-state index is 0. The summed E-state index contributed by atoms with van der Waals surface area (Å²) in [7, 11) is 0. The predicted octanol–water partition coefficient (Wildman–Crippen LogP) is 11.4. The van der Waals surface area contributed by atoms with Crippen LogP contribution in [0.2, 0.25) is 0 Å². The van der Waals surface area contributed by atoms with Crippen LogP contribution in [0.15, 0.2) is 85.1 Å². The van der Waals surface area contributed by atoms with E-state index >= 15 is 0 Å². The smallest absolute Gasteiger partial charge is 0.509 e. The summed E-state index contributed by atoms with van der Waals surface area (Å²) in [6, 6.07) is 35.0. The summed E-state index contributed by atoms with van der Waals surface area (Å²) >= 11 is 0. The Morgan fingerprint density at radius 2 is 1.44 bits per heavy atom. The molecule has 5 nitrogen and oxygen atoms in total. The van der Waals surface area contributed by atoms with E-state index in [-0.39, 0.29) is 26.3 Å². The van der Waals surface area contributed by atoms with Gasteiger partial charge in [0.05, 0.1) is 5.69 Å². The number of aromatic nitrogens is 4. The first kappa shape index (κ1) is 35.3. The Labute approximate surface area is 310 Å². The zero-order valence-electron chi connectivity index (χ0n) is 30.2. The molecule has 0 N–H and O–H groups in total. The van der Waals surface area contributed by atoms with Crippen LogP contribution in [-0.4, -0.2) is 19.3 Å². The van der Waals surface area contributed by atoms with Gasteiger partial charge in [0, 0.05) is 34.5 Å². The van der Waals surface area contributed by atoms with Crippen molar-refractivity contribution in [1.82, 2.24) is 19.3 Å². The largest absolute Gasteiger partial charge is 2.00 e. The molecule has 0 aliphatic rings. The summed E-state index contributed by atoms with van der Waals surface area (Å²) in [5, 5.41) is 7.36. The topological polar surface area (TPSA) is 44.9 Å². The fourth-order valence-corrected chi connectivity index (χ4v) is 7.06. The molecule has 6 heteroatoms. The molecule has 0 unspecified atom stereocenters. The molecule has 0 amide bonds. The van der Waals surface area contributed by atoms with Gasteiger partial charge in [-0.2, -0.15) is 11.2 Å². The van der Waals surface area contributed by atoms with Gasteiger partial charge in [-0.3, -0.25) is 4.68 Å². The Hall–Kier alpha value is -4.50. The molecule has 7 rings (SSSR count). The molecule has 4 aromatic carbocycles. The van der Waals surface area contributed by atoms with E-state index < -0.39 is 0 Å². The van der Waals surface area contributed by atoms with E-state index in [9.17, 15) is 0 Å². The Morgan fingerprint density at radius 1 is 0.720 bits per heavy atom. The minimum absolute atomic E-state index is 0. The Morgan fingerprint density at radius 3 is 2.14 bits per heavy atom. The van der Waals surface area contributed by atoms with Gasteiger partial charge in [-0.05, 0) is 90.1 Å². The Kier molecular flexibility index (Phi) is 10.2. The van der Waals surface area contributed by atoms with Crippen molar-refractivity contribution in [1.29, 1.82) is 0 Å². The van der Waals surface area contributed by atoms with Gasteiger partial charge in [-0.15, -0.1) is 41.3 Å². The average molecular weight is 751 g/mol. The van der Waals surface area contributed by atoms with Crippen LogP contribution in [0, 0.1) is 26.0 Å². The third kappa shape index (κ3) is 6.32. The maximum atomic E-state index is 6.64. The van der Waals surface area contributed by atoms with Crippen LogP contribution in [0.3, 0.4) is 0 Å². The van der Waals surface area contributed by atoms with Gasteiger partial charge >= 0.3 is 20.4 Å². The van der Waals surface area contributed by atoms with Crippen LogP contribution in [0.5, 0.6) is 11.5 Å². The van der Waals surface area contributed by atoms with Crippen molar-refractivity contribution >= 4 is 21.8 Å². The second-order valence-corrected chi connectivity index (χ2v) is 13.6. The van der Waals surface area contributed by atoms with Crippen LogP contribution in [0.4, 0.5) is 0 Å². The second kappa shape index (κ2) is 14.4. The molecular weight excluding hydrogens is 707 g/mol. The van der Waals surface area contributed by atoms with Gasteiger partial charge in [0.2, 0.25) is 0 Å². The average Bonchev–Trinajstić information content (AvgIpc) is 3.59. The third-order valence-electron chi connectivity index (χ3n) is 9.73. The van der Waals surface area contributed by atoms with Crippen molar-refractivity contribution in [3.8, 4) is 34.1 Å². The van der Waals surface area contributed by atoms with Gasteiger partial charge in [-0.1, -0.05) is 83.5 Å². The van der Waals surface area contributed by atoms with E-state index in [0.717, 1.165) is 63.1 Å². The predicted molar refractivity (Wildman–Crippen MR) is 202 cm³/mol. The molecule has 256 valence electrons. The summed E-state index contributed by atoms with van der Waals surface area (Å²) < 4.78 is 10.9. The molecule has 3 heterocycles. The summed E-state index contributed by atoms with van der Waals surface area (Å²) in [4.78, 5) is 4.80. The standard InChI is InChI=1S/C44H44N4O.Pd/c1-9-31-14-13-15-32(10-2)44(31)43-29(7)46-48(30(43)8)35-22-34(28(5)6)23-37(25-35)49-36-18-19-39-38-16-11-12-17-40(38)47(41(39)26-36)42-24-33(27(3)4)20-21-45-42;/h11-24,27-28H,9-10H2,1-8H3;/q-2;+2. The zero-order chi connectivity index (χ0) is 34.4. The van der Waals surface area contributed by atoms with E-state index in [1.54, 1.807) is 0 Å². The fraction of sp³-hybridized carbons (Fsp3) is 0.273. The summed E-state index contributed by atoms with van der Waals surface area (Å²) in [5.74, 6) is 2.81. The van der Waals surface area contributed by atoms with Crippen molar-refractivity contribution < 1.29 is 25.2 Å². The maximum Gasteiger partial charge on any atom is 2.00 e. The molecule has 3 aromatic heterocycles. The number of fused-ring (bicyclic) bond motifs is 3. The molecule has 50 heavy (non-hydrogen) atoms. The Balaban J connectivity index is 0.00000432. The van der Waals surface area contributed by atoms with E-state index in [1.807, 2.05) is 16.9 Å². The SMILES string of the molecule is CCc1cccc(CC)c1-c1c(C)nn(-c2[c-]c(Oc3[c-]c4c(cc3)c3ccccc3n4-c3cc(C(C)C)ccn3)cc(C(C)C)c2)c1C.[Pd+2]. The number of hydrogen-bond donors (Lipinski definition) is 0. The molecule has 0 spiro atoms. The zero-order valence-corrected chi connectivity index (χ0v) is 31.7. The quantitative estimate of drug-likeness (QED) is 0.109. The molecule has 0 atom stereocenters. The number of benzene rings is 4. The summed E-state index contributed by atoms with van der Waals surface area (Å²) in [6.45, 7) is 17.6. The summed E-state index contributed by atoms with van der Waals surface area (Å²) in [6.07, 6.45) is 3.84. The molecule has 0 aliphatic carbocycles. The molecule has 0 aliphatic heterocycles. The first-order valence-corrected chi connectivity index (χ1v) is 17.5. The molecule has 0 saturated carbocycles. The number of hydrogen-bond acceptors (Lipinski definition) is 3. The Bertz CT molecular complexity index is 2310. The molecule has 7 aromatic rings. The maximum absolute atomic E-state index is 6.64. The van der Waals surface area contributed by atoms with Crippen molar-refractivity contribution in [3.05, 3.63) is 131 Å².